The highest BCUT2D eigenvalue weighted by atomic mass is 16.5. The molecule has 2 aromatic heterocycles. The summed E-state index contributed by atoms with van der Waals surface area (Å²) >= 11 is 0. The number of nitrogens with one attached hydrogen (secondary N) is 1. The molecule has 0 radical (unpaired) electrons. The lowest BCUT2D eigenvalue weighted by atomic mass is 9.87. The van der Waals surface area contributed by atoms with Gasteiger partial charge in [-0.25, -0.2) is 4.98 Å². The van der Waals surface area contributed by atoms with Crippen molar-refractivity contribution < 1.29 is 9.53 Å². The Balaban J connectivity index is 1.97. The van der Waals surface area contributed by atoms with E-state index in [0.717, 1.165) is 11.3 Å². The number of ether oxygens (including phenoxy) is 1. The number of nitrogens with zero attached hydrogens (tertiary/aromatic N) is 2. The first kappa shape index (κ1) is 14.9. The highest BCUT2D eigenvalue weighted by molar-refractivity contribution is 5.76. The van der Waals surface area contributed by atoms with Gasteiger partial charge in [0.15, 0.2) is 0 Å². The molecule has 1 fully saturated rings. The van der Waals surface area contributed by atoms with Crippen LogP contribution in [0.15, 0.2) is 18.5 Å². The number of amides is 1. The predicted molar refractivity (Wildman–Crippen MR) is 86.5 cm³/mol. The number of carbonyl (C=O) groups excluding carboxylic acids is 1. The molecule has 1 N–H and O–H groups in total. The maximum atomic E-state index is 10.8. The number of aromatic nitrogens is 2. The molecule has 0 bridgehead atoms. The van der Waals surface area contributed by atoms with Gasteiger partial charge in [-0.3, -0.25) is 4.79 Å². The molecular weight excluding hydrogens is 278 g/mol. The standard InChI is InChI=1S/C17H23N3O2/c1-12(2)22-16-8-17-19-14(13-6-4-3-5-7-13)9-20(17)10-15(16)18-11-21/h8-13H,3-7H2,1-2H3,(H,18,21). The first-order valence-electron chi connectivity index (χ1n) is 8.07. The molecule has 2 heterocycles. The van der Waals surface area contributed by atoms with Crippen molar-refractivity contribution in [3.63, 3.8) is 0 Å². The van der Waals surface area contributed by atoms with E-state index in [2.05, 4.69) is 11.5 Å². The minimum atomic E-state index is 0.0439. The van der Waals surface area contributed by atoms with Crippen molar-refractivity contribution in [2.45, 2.75) is 58.0 Å². The third-order valence-electron chi connectivity index (χ3n) is 4.17. The molecule has 2 aromatic rings. The summed E-state index contributed by atoms with van der Waals surface area (Å²) in [6.07, 6.45) is 11.0. The number of pyridine rings is 1. The van der Waals surface area contributed by atoms with Gasteiger partial charge in [-0.2, -0.15) is 0 Å². The van der Waals surface area contributed by atoms with Crippen LogP contribution in [0, 0.1) is 0 Å². The largest absolute Gasteiger partial charge is 0.489 e. The topological polar surface area (TPSA) is 55.6 Å². The molecule has 0 atom stereocenters. The maximum absolute atomic E-state index is 10.8. The Morgan fingerprint density at radius 3 is 2.77 bits per heavy atom. The van der Waals surface area contributed by atoms with Crippen molar-refractivity contribution in [3.05, 3.63) is 24.2 Å². The highest BCUT2D eigenvalue weighted by Crippen LogP contribution is 2.33. The van der Waals surface area contributed by atoms with E-state index in [1.165, 1.54) is 32.1 Å². The maximum Gasteiger partial charge on any atom is 0.211 e. The van der Waals surface area contributed by atoms with Crippen LogP contribution in [0.2, 0.25) is 0 Å². The molecule has 1 saturated carbocycles. The summed E-state index contributed by atoms with van der Waals surface area (Å²) in [4.78, 5) is 15.6. The third-order valence-corrected chi connectivity index (χ3v) is 4.17. The minimum Gasteiger partial charge on any atom is -0.489 e. The SMILES string of the molecule is CC(C)Oc1cc2nc(C3CCCCC3)cn2cc1NC=O. The fourth-order valence-electron chi connectivity index (χ4n) is 3.15. The van der Waals surface area contributed by atoms with Crippen LogP contribution >= 0.6 is 0 Å². The van der Waals surface area contributed by atoms with E-state index in [4.69, 9.17) is 9.72 Å². The fourth-order valence-corrected chi connectivity index (χ4v) is 3.15. The van der Waals surface area contributed by atoms with Crippen LogP contribution in [0.1, 0.15) is 57.6 Å². The van der Waals surface area contributed by atoms with Crippen LogP contribution in [0.4, 0.5) is 5.69 Å². The van der Waals surface area contributed by atoms with Crippen molar-refractivity contribution in [2.24, 2.45) is 0 Å². The van der Waals surface area contributed by atoms with E-state index in [1.54, 1.807) is 0 Å². The number of hydrogen-bond donors (Lipinski definition) is 1. The Bertz CT molecular complexity index is 657. The lowest BCUT2D eigenvalue weighted by Crippen LogP contribution is -2.09. The van der Waals surface area contributed by atoms with Crippen molar-refractivity contribution >= 4 is 17.7 Å². The molecule has 5 nitrogen and oxygen atoms in total. The van der Waals surface area contributed by atoms with Gasteiger partial charge in [0.2, 0.25) is 6.41 Å². The second-order valence-corrected chi connectivity index (χ2v) is 6.25. The van der Waals surface area contributed by atoms with Crippen LogP contribution < -0.4 is 10.1 Å². The zero-order valence-corrected chi connectivity index (χ0v) is 13.2. The summed E-state index contributed by atoms with van der Waals surface area (Å²) in [5.41, 5.74) is 2.69. The van der Waals surface area contributed by atoms with Gasteiger partial charge in [-0.1, -0.05) is 19.3 Å². The van der Waals surface area contributed by atoms with Gasteiger partial charge in [0, 0.05) is 24.4 Å². The Morgan fingerprint density at radius 1 is 1.32 bits per heavy atom. The molecule has 0 spiro atoms. The molecule has 0 aliphatic heterocycles. The van der Waals surface area contributed by atoms with E-state index < -0.39 is 0 Å². The van der Waals surface area contributed by atoms with Crippen LogP contribution in [0.25, 0.3) is 5.65 Å². The molecule has 0 aromatic carbocycles. The van der Waals surface area contributed by atoms with Crippen LogP contribution in [-0.2, 0) is 4.79 Å². The van der Waals surface area contributed by atoms with Crippen LogP contribution in [0.5, 0.6) is 5.75 Å². The minimum absolute atomic E-state index is 0.0439. The molecule has 0 unspecified atom stereocenters. The average Bonchev–Trinajstić information content (AvgIpc) is 2.91. The molecule has 0 saturated heterocycles. The van der Waals surface area contributed by atoms with Gasteiger partial charge in [-0.05, 0) is 26.7 Å². The molecule has 1 aliphatic rings. The van der Waals surface area contributed by atoms with Gasteiger partial charge in [0.25, 0.3) is 0 Å². The summed E-state index contributed by atoms with van der Waals surface area (Å²) in [6, 6.07) is 1.90. The van der Waals surface area contributed by atoms with E-state index in [1.807, 2.05) is 30.5 Å². The Morgan fingerprint density at radius 2 is 2.09 bits per heavy atom. The van der Waals surface area contributed by atoms with Crippen molar-refractivity contribution in [2.75, 3.05) is 5.32 Å². The summed E-state index contributed by atoms with van der Waals surface area (Å²) in [5, 5.41) is 2.71. The summed E-state index contributed by atoms with van der Waals surface area (Å²) in [7, 11) is 0. The van der Waals surface area contributed by atoms with E-state index >= 15 is 0 Å². The average molecular weight is 301 g/mol. The molecule has 1 aliphatic carbocycles. The van der Waals surface area contributed by atoms with Gasteiger partial charge >= 0.3 is 0 Å². The lowest BCUT2D eigenvalue weighted by Gasteiger charge is -2.19. The normalized spacial score (nSPS) is 16.1. The summed E-state index contributed by atoms with van der Waals surface area (Å²) < 4.78 is 7.76. The number of hydrogen-bond acceptors (Lipinski definition) is 3. The smallest absolute Gasteiger partial charge is 0.211 e. The van der Waals surface area contributed by atoms with E-state index in [-0.39, 0.29) is 6.10 Å². The first-order valence-corrected chi connectivity index (χ1v) is 8.07. The zero-order valence-electron chi connectivity index (χ0n) is 13.2. The highest BCUT2D eigenvalue weighted by Gasteiger charge is 2.19. The molecule has 5 heteroatoms. The van der Waals surface area contributed by atoms with Gasteiger partial charge in [0.1, 0.15) is 17.1 Å². The number of anilines is 1. The Kier molecular flexibility index (Phi) is 4.32. The van der Waals surface area contributed by atoms with Gasteiger partial charge < -0.3 is 14.5 Å². The molecule has 1 amide bonds. The van der Waals surface area contributed by atoms with Crippen molar-refractivity contribution in [3.8, 4) is 5.75 Å². The predicted octanol–water partition coefficient (Wildman–Crippen LogP) is 3.74. The van der Waals surface area contributed by atoms with E-state index in [0.29, 0.717) is 23.8 Å². The number of fused-ring (bicyclic) bond motifs is 1. The second-order valence-electron chi connectivity index (χ2n) is 6.25. The second kappa shape index (κ2) is 6.38. The van der Waals surface area contributed by atoms with Crippen molar-refractivity contribution in [1.82, 2.24) is 9.38 Å². The first-order chi connectivity index (χ1) is 10.7. The summed E-state index contributed by atoms with van der Waals surface area (Å²) in [5.74, 6) is 1.22. The summed E-state index contributed by atoms with van der Waals surface area (Å²) in [6.45, 7) is 3.93. The van der Waals surface area contributed by atoms with Crippen molar-refractivity contribution in [1.29, 1.82) is 0 Å². The molecule has 118 valence electrons. The Hall–Kier alpha value is -2.04. The number of imidazole rings is 1. The zero-order chi connectivity index (χ0) is 15.5. The van der Waals surface area contributed by atoms with Gasteiger partial charge in [0.05, 0.1) is 11.8 Å². The Labute approximate surface area is 130 Å². The van der Waals surface area contributed by atoms with Gasteiger partial charge in [-0.15, -0.1) is 0 Å². The van der Waals surface area contributed by atoms with E-state index in [9.17, 15) is 4.79 Å². The molecule has 3 rings (SSSR count). The molecule has 22 heavy (non-hydrogen) atoms. The fraction of sp³-hybridized carbons (Fsp3) is 0.529. The number of carbonyl (C=O) groups is 1. The monoisotopic (exact) mass is 301 g/mol. The quantitative estimate of drug-likeness (QED) is 0.856. The molecular formula is C17H23N3O2. The van der Waals surface area contributed by atoms with Crippen LogP contribution in [-0.4, -0.2) is 21.9 Å². The lowest BCUT2D eigenvalue weighted by molar-refractivity contribution is -0.105. The third kappa shape index (κ3) is 3.08. The van der Waals surface area contributed by atoms with Crippen LogP contribution in [0.3, 0.4) is 0 Å². The number of rotatable bonds is 5.